The van der Waals surface area contributed by atoms with Crippen LogP contribution in [0.4, 0.5) is 0 Å². The van der Waals surface area contributed by atoms with Crippen molar-refractivity contribution < 1.29 is 9.59 Å². The number of amides is 2. The molecule has 1 fully saturated rings. The third-order valence-corrected chi connectivity index (χ3v) is 4.21. The molecule has 0 radical (unpaired) electrons. The van der Waals surface area contributed by atoms with E-state index in [1.165, 1.54) is 5.56 Å². The van der Waals surface area contributed by atoms with E-state index in [1.54, 1.807) is 7.05 Å². The number of benzene rings is 1. The molecule has 1 N–H and O–H groups in total. The second kappa shape index (κ2) is 7.46. The third-order valence-electron chi connectivity index (χ3n) is 3.96. The summed E-state index contributed by atoms with van der Waals surface area (Å²) in [5.74, 6) is 0.531. The average molecular weight is 309 g/mol. The lowest BCUT2D eigenvalue weighted by Crippen LogP contribution is -2.28. The Labute approximate surface area is 130 Å². The molecule has 0 aliphatic carbocycles. The summed E-state index contributed by atoms with van der Waals surface area (Å²) >= 11 is 5.89. The van der Waals surface area contributed by atoms with E-state index < -0.39 is 0 Å². The van der Waals surface area contributed by atoms with Gasteiger partial charge in [-0.3, -0.25) is 9.59 Å². The SMILES string of the molecule is CNC(=O)CCCC(=O)N1CC[C@H](c2ccc(Cl)cc2)C1. The molecule has 1 aliphatic heterocycles. The van der Waals surface area contributed by atoms with Crippen LogP contribution in [-0.2, 0) is 9.59 Å². The van der Waals surface area contributed by atoms with E-state index in [9.17, 15) is 9.59 Å². The summed E-state index contributed by atoms with van der Waals surface area (Å²) in [7, 11) is 1.61. The highest BCUT2D eigenvalue weighted by atomic mass is 35.5. The molecule has 114 valence electrons. The van der Waals surface area contributed by atoms with Crippen LogP contribution in [0.1, 0.15) is 37.2 Å². The van der Waals surface area contributed by atoms with Crippen molar-refractivity contribution in [3.63, 3.8) is 0 Å². The van der Waals surface area contributed by atoms with Gasteiger partial charge < -0.3 is 10.2 Å². The van der Waals surface area contributed by atoms with Crippen LogP contribution in [0.2, 0.25) is 5.02 Å². The number of hydrogen-bond donors (Lipinski definition) is 1. The van der Waals surface area contributed by atoms with E-state index in [4.69, 9.17) is 11.6 Å². The van der Waals surface area contributed by atoms with Crippen LogP contribution in [-0.4, -0.2) is 36.9 Å². The van der Waals surface area contributed by atoms with Gasteiger partial charge in [-0.05, 0) is 30.5 Å². The van der Waals surface area contributed by atoms with Gasteiger partial charge in [0, 0.05) is 43.9 Å². The minimum Gasteiger partial charge on any atom is -0.359 e. The fourth-order valence-corrected chi connectivity index (χ4v) is 2.80. The van der Waals surface area contributed by atoms with Crippen molar-refractivity contribution in [1.29, 1.82) is 0 Å². The number of nitrogens with zero attached hydrogens (tertiary/aromatic N) is 1. The van der Waals surface area contributed by atoms with Crippen molar-refractivity contribution in [2.75, 3.05) is 20.1 Å². The Morgan fingerprint density at radius 2 is 2.00 bits per heavy atom. The van der Waals surface area contributed by atoms with Crippen LogP contribution < -0.4 is 5.32 Å². The van der Waals surface area contributed by atoms with E-state index in [0.29, 0.717) is 25.2 Å². The lowest BCUT2D eigenvalue weighted by Gasteiger charge is -2.16. The maximum absolute atomic E-state index is 12.1. The second-order valence-electron chi connectivity index (χ2n) is 5.40. The first-order valence-electron chi connectivity index (χ1n) is 7.34. The number of rotatable bonds is 5. The molecule has 1 aromatic carbocycles. The smallest absolute Gasteiger partial charge is 0.222 e. The standard InChI is InChI=1S/C16H21ClN2O2/c1-18-15(20)3-2-4-16(21)19-10-9-13(11-19)12-5-7-14(17)8-6-12/h5-8,13H,2-4,9-11H2,1H3,(H,18,20)/t13-/m0/s1. The molecule has 0 bridgehead atoms. The van der Waals surface area contributed by atoms with Gasteiger partial charge >= 0.3 is 0 Å². The maximum atomic E-state index is 12.1. The van der Waals surface area contributed by atoms with Crippen LogP contribution in [0, 0.1) is 0 Å². The van der Waals surface area contributed by atoms with Gasteiger partial charge in [0.25, 0.3) is 0 Å². The molecule has 5 heteroatoms. The summed E-state index contributed by atoms with van der Waals surface area (Å²) in [5.41, 5.74) is 1.24. The first-order chi connectivity index (χ1) is 10.1. The van der Waals surface area contributed by atoms with E-state index in [0.717, 1.165) is 24.5 Å². The molecule has 1 atom stereocenters. The minimum atomic E-state index is -0.0109. The molecule has 2 rings (SSSR count). The fourth-order valence-electron chi connectivity index (χ4n) is 2.68. The summed E-state index contributed by atoms with van der Waals surface area (Å²) < 4.78 is 0. The Hall–Kier alpha value is -1.55. The molecule has 1 saturated heterocycles. The van der Waals surface area contributed by atoms with Gasteiger partial charge in [-0.15, -0.1) is 0 Å². The lowest BCUT2D eigenvalue weighted by atomic mass is 9.99. The van der Waals surface area contributed by atoms with Crippen molar-refractivity contribution in [2.45, 2.75) is 31.6 Å². The Balaban J connectivity index is 1.80. The van der Waals surface area contributed by atoms with Crippen molar-refractivity contribution in [2.24, 2.45) is 0 Å². The van der Waals surface area contributed by atoms with E-state index in [1.807, 2.05) is 29.2 Å². The summed E-state index contributed by atoms with van der Waals surface area (Å²) in [6.45, 7) is 1.56. The molecule has 1 aromatic rings. The molecular formula is C16H21ClN2O2. The summed E-state index contributed by atoms with van der Waals surface area (Å²) in [4.78, 5) is 25.2. The Kier molecular flexibility index (Phi) is 5.62. The molecule has 0 aromatic heterocycles. The highest BCUT2D eigenvalue weighted by Gasteiger charge is 2.26. The van der Waals surface area contributed by atoms with Crippen molar-refractivity contribution in [1.82, 2.24) is 10.2 Å². The van der Waals surface area contributed by atoms with Crippen LogP contribution in [0.3, 0.4) is 0 Å². The van der Waals surface area contributed by atoms with Gasteiger partial charge in [-0.25, -0.2) is 0 Å². The molecule has 1 heterocycles. The molecule has 0 saturated carbocycles. The minimum absolute atomic E-state index is 0.0109. The molecule has 0 unspecified atom stereocenters. The highest BCUT2D eigenvalue weighted by molar-refractivity contribution is 6.30. The molecular weight excluding hydrogens is 288 g/mol. The fraction of sp³-hybridized carbons (Fsp3) is 0.500. The number of carbonyl (C=O) groups is 2. The molecule has 0 spiro atoms. The number of likely N-dealkylation sites (tertiary alicyclic amines) is 1. The third kappa shape index (κ3) is 4.46. The van der Waals surface area contributed by atoms with Gasteiger partial charge in [-0.2, -0.15) is 0 Å². The average Bonchev–Trinajstić information content (AvgIpc) is 2.97. The largest absolute Gasteiger partial charge is 0.359 e. The predicted molar refractivity (Wildman–Crippen MR) is 83.3 cm³/mol. The monoisotopic (exact) mass is 308 g/mol. The van der Waals surface area contributed by atoms with Gasteiger partial charge in [0.05, 0.1) is 0 Å². The maximum Gasteiger partial charge on any atom is 0.222 e. The van der Waals surface area contributed by atoms with E-state index in [2.05, 4.69) is 5.32 Å². The van der Waals surface area contributed by atoms with Crippen molar-refractivity contribution in [3.05, 3.63) is 34.9 Å². The van der Waals surface area contributed by atoms with Gasteiger partial charge in [0.2, 0.25) is 11.8 Å². The van der Waals surface area contributed by atoms with Crippen LogP contribution >= 0.6 is 11.6 Å². The molecule has 2 amide bonds. The first kappa shape index (κ1) is 15.8. The van der Waals surface area contributed by atoms with Gasteiger partial charge in [0.1, 0.15) is 0 Å². The van der Waals surface area contributed by atoms with Crippen LogP contribution in [0.15, 0.2) is 24.3 Å². The zero-order chi connectivity index (χ0) is 15.2. The summed E-state index contributed by atoms with van der Waals surface area (Å²) in [5, 5.41) is 3.30. The number of nitrogens with one attached hydrogen (secondary N) is 1. The molecule has 1 aliphatic rings. The van der Waals surface area contributed by atoms with E-state index >= 15 is 0 Å². The number of halogens is 1. The van der Waals surface area contributed by atoms with Crippen LogP contribution in [0.5, 0.6) is 0 Å². The number of hydrogen-bond acceptors (Lipinski definition) is 2. The van der Waals surface area contributed by atoms with E-state index in [-0.39, 0.29) is 11.8 Å². The zero-order valence-corrected chi connectivity index (χ0v) is 13.0. The first-order valence-corrected chi connectivity index (χ1v) is 7.71. The Morgan fingerprint density at radius 3 is 2.67 bits per heavy atom. The van der Waals surface area contributed by atoms with Crippen LogP contribution in [0.25, 0.3) is 0 Å². The van der Waals surface area contributed by atoms with Crippen molar-refractivity contribution >= 4 is 23.4 Å². The topological polar surface area (TPSA) is 49.4 Å². The zero-order valence-electron chi connectivity index (χ0n) is 12.3. The Bertz CT molecular complexity index is 502. The second-order valence-corrected chi connectivity index (χ2v) is 5.84. The lowest BCUT2D eigenvalue weighted by molar-refractivity contribution is -0.130. The molecule has 4 nitrogen and oxygen atoms in total. The molecule has 21 heavy (non-hydrogen) atoms. The van der Waals surface area contributed by atoms with Gasteiger partial charge in [0.15, 0.2) is 0 Å². The van der Waals surface area contributed by atoms with Crippen molar-refractivity contribution in [3.8, 4) is 0 Å². The van der Waals surface area contributed by atoms with Gasteiger partial charge in [-0.1, -0.05) is 23.7 Å². The summed E-state index contributed by atoms with van der Waals surface area (Å²) in [6.07, 6.45) is 2.46. The predicted octanol–water partition coefficient (Wildman–Crippen LogP) is 2.57. The highest BCUT2D eigenvalue weighted by Crippen LogP contribution is 2.28. The number of carbonyl (C=O) groups excluding carboxylic acids is 2. The summed E-state index contributed by atoms with van der Waals surface area (Å²) in [6, 6.07) is 7.86. The quantitative estimate of drug-likeness (QED) is 0.909. The Morgan fingerprint density at radius 1 is 1.29 bits per heavy atom. The normalized spacial score (nSPS) is 17.8.